The molecule has 0 unspecified atom stereocenters. The number of amides is 1. The number of piperidine rings is 2. The molecule has 0 saturated carbocycles. The molecule has 3 aromatic heterocycles. The number of likely N-dealkylation sites (tertiary alicyclic amines) is 2. The van der Waals surface area contributed by atoms with Crippen molar-refractivity contribution in [3.8, 4) is 5.69 Å². The fraction of sp³-hybridized carbons (Fsp3) is 0.500. The van der Waals surface area contributed by atoms with Gasteiger partial charge in [0.05, 0.1) is 5.69 Å². The molecule has 0 spiro atoms. The summed E-state index contributed by atoms with van der Waals surface area (Å²) in [6.07, 6.45) is 10.3. The maximum Gasteiger partial charge on any atom is 0.266 e. The molecule has 2 aliphatic rings. The number of hydrogen-bond donors (Lipinski definition) is 0. The van der Waals surface area contributed by atoms with Crippen molar-refractivity contribution in [2.24, 2.45) is 0 Å². The van der Waals surface area contributed by atoms with Crippen LogP contribution >= 0.6 is 11.3 Å². The van der Waals surface area contributed by atoms with Gasteiger partial charge < -0.3 is 14.4 Å². The van der Waals surface area contributed by atoms with Gasteiger partial charge in [0.2, 0.25) is 0 Å². The molecule has 2 aliphatic heterocycles. The van der Waals surface area contributed by atoms with E-state index in [0.717, 1.165) is 52.4 Å². The van der Waals surface area contributed by atoms with Crippen molar-refractivity contribution in [2.75, 3.05) is 26.2 Å². The first-order chi connectivity index (χ1) is 14.6. The monoisotopic (exact) mass is 422 g/mol. The second-order valence-corrected chi connectivity index (χ2v) is 9.75. The third kappa shape index (κ3) is 3.56. The van der Waals surface area contributed by atoms with Crippen molar-refractivity contribution in [2.45, 2.75) is 52.0 Å². The maximum absolute atomic E-state index is 13.6. The van der Waals surface area contributed by atoms with Gasteiger partial charge in [0.1, 0.15) is 9.71 Å². The number of carbonyl (C=O) groups is 1. The van der Waals surface area contributed by atoms with E-state index in [2.05, 4.69) is 27.4 Å². The van der Waals surface area contributed by atoms with E-state index < -0.39 is 0 Å². The largest absolute Gasteiger partial charge is 0.338 e. The number of thiophene rings is 1. The van der Waals surface area contributed by atoms with Gasteiger partial charge in [-0.05, 0) is 76.4 Å². The van der Waals surface area contributed by atoms with E-state index in [9.17, 15) is 4.79 Å². The van der Waals surface area contributed by atoms with E-state index in [1.54, 1.807) is 11.3 Å². The number of aromatic nitrogens is 2. The molecule has 0 bridgehead atoms. The second-order valence-electron chi connectivity index (χ2n) is 8.75. The Bertz CT molecular complexity index is 1040. The Kier molecular flexibility index (Phi) is 5.37. The minimum atomic E-state index is 0.163. The van der Waals surface area contributed by atoms with Gasteiger partial charge in [-0.1, -0.05) is 6.42 Å². The van der Waals surface area contributed by atoms with Crippen LogP contribution in [0.15, 0.2) is 30.6 Å². The lowest BCUT2D eigenvalue weighted by molar-refractivity contribution is 0.0594. The first-order valence-corrected chi connectivity index (χ1v) is 12.0. The van der Waals surface area contributed by atoms with Gasteiger partial charge in [-0.2, -0.15) is 0 Å². The number of fused-ring (bicyclic) bond motifs is 1. The molecule has 0 N–H and O–H groups in total. The summed E-state index contributed by atoms with van der Waals surface area (Å²) in [6.45, 7) is 8.31. The van der Waals surface area contributed by atoms with E-state index >= 15 is 0 Å². The Balaban J connectivity index is 1.44. The first kappa shape index (κ1) is 19.8. The Morgan fingerprint density at radius 3 is 2.43 bits per heavy atom. The van der Waals surface area contributed by atoms with E-state index in [0.29, 0.717) is 6.04 Å². The predicted molar refractivity (Wildman–Crippen MR) is 123 cm³/mol. The van der Waals surface area contributed by atoms with Gasteiger partial charge in [-0.25, -0.2) is 4.98 Å². The molecule has 1 amide bonds. The van der Waals surface area contributed by atoms with Crippen molar-refractivity contribution in [3.63, 3.8) is 0 Å². The Morgan fingerprint density at radius 2 is 1.73 bits per heavy atom. The maximum atomic E-state index is 13.6. The van der Waals surface area contributed by atoms with E-state index in [1.807, 2.05) is 31.5 Å². The van der Waals surface area contributed by atoms with Crippen LogP contribution in [0.5, 0.6) is 0 Å². The molecule has 2 saturated heterocycles. The van der Waals surface area contributed by atoms with Gasteiger partial charge in [0.15, 0.2) is 0 Å². The van der Waals surface area contributed by atoms with Gasteiger partial charge in [0.25, 0.3) is 5.91 Å². The van der Waals surface area contributed by atoms with Gasteiger partial charge in [-0.15, -0.1) is 11.3 Å². The highest BCUT2D eigenvalue weighted by molar-refractivity contribution is 7.21. The third-order valence-electron chi connectivity index (χ3n) is 6.68. The highest BCUT2D eigenvalue weighted by Gasteiger charge is 2.31. The lowest BCUT2D eigenvalue weighted by Crippen LogP contribution is -2.48. The number of nitrogens with zero attached hydrogens (tertiary/aromatic N) is 4. The molecule has 6 heteroatoms. The summed E-state index contributed by atoms with van der Waals surface area (Å²) >= 11 is 1.55. The molecule has 5 heterocycles. The zero-order valence-corrected chi connectivity index (χ0v) is 18.7. The smallest absolute Gasteiger partial charge is 0.266 e. The van der Waals surface area contributed by atoms with Crippen molar-refractivity contribution in [3.05, 3.63) is 46.7 Å². The quantitative estimate of drug-likeness (QED) is 0.609. The van der Waals surface area contributed by atoms with Crippen LogP contribution in [0.3, 0.4) is 0 Å². The highest BCUT2D eigenvalue weighted by Crippen LogP contribution is 2.37. The fourth-order valence-corrected chi connectivity index (χ4v) is 6.42. The summed E-state index contributed by atoms with van der Waals surface area (Å²) < 4.78 is 2.08. The summed E-state index contributed by atoms with van der Waals surface area (Å²) in [7, 11) is 0. The van der Waals surface area contributed by atoms with E-state index in [-0.39, 0.29) is 5.91 Å². The van der Waals surface area contributed by atoms with Crippen LogP contribution in [0.2, 0.25) is 0 Å². The summed E-state index contributed by atoms with van der Waals surface area (Å²) in [4.78, 5) is 24.9. The van der Waals surface area contributed by atoms with Crippen LogP contribution in [-0.4, -0.2) is 57.5 Å². The van der Waals surface area contributed by atoms with Gasteiger partial charge in [-0.3, -0.25) is 4.79 Å². The summed E-state index contributed by atoms with van der Waals surface area (Å²) in [5, 5.41) is 1.10. The van der Waals surface area contributed by atoms with Crippen LogP contribution in [-0.2, 0) is 0 Å². The van der Waals surface area contributed by atoms with E-state index in [4.69, 9.17) is 4.98 Å². The average Bonchev–Trinajstić information content (AvgIpc) is 3.41. The first-order valence-electron chi connectivity index (χ1n) is 11.2. The molecule has 158 valence electrons. The number of rotatable bonds is 3. The summed E-state index contributed by atoms with van der Waals surface area (Å²) in [6, 6.07) is 6.78. The van der Waals surface area contributed by atoms with E-state index in [1.165, 1.54) is 37.9 Å². The SMILES string of the molecule is Cc1cc(C)c2c(-n3cccc3)c(C(=O)N3CCC(N4CCCCC4)CC3)sc2n1. The van der Waals surface area contributed by atoms with Crippen molar-refractivity contribution in [1.82, 2.24) is 19.4 Å². The molecule has 0 aromatic carbocycles. The number of carbonyl (C=O) groups excluding carboxylic acids is 1. The molecule has 0 aliphatic carbocycles. The summed E-state index contributed by atoms with van der Waals surface area (Å²) in [5.74, 6) is 0.163. The lowest BCUT2D eigenvalue weighted by Gasteiger charge is -2.40. The minimum Gasteiger partial charge on any atom is -0.338 e. The topological polar surface area (TPSA) is 41.4 Å². The van der Waals surface area contributed by atoms with Crippen molar-refractivity contribution in [1.29, 1.82) is 0 Å². The lowest BCUT2D eigenvalue weighted by atomic mass is 9.99. The highest BCUT2D eigenvalue weighted by atomic mass is 32.1. The fourth-order valence-electron chi connectivity index (χ4n) is 5.16. The normalized spacial score (nSPS) is 18.9. The molecule has 3 aromatic rings. The summed E-state index contributed by atoms with van der Waals surface area (Å²) in [5.41, 5.74) is 3.18. The molecule has 0 radical (unpaired) electrons. The molecule has 5 nitrogen and oxygen atoms in total. The molecular weight excluding hydrogens is 392 g/mol. The molecule has 5 rings (SSSR count). The predicted octanol–water partition coefficient (Wildman–Crippen LogP) is 4.79. The number of aryl methyl sites for hydroxylation is 2. The Morgan fingerprint density at radius 1 is 1.03 bits per heavy atom. The molecule has 30 heavy (non-hydrogen) atoms. The second kappa shape index (κ2) is 8.16. The van der Waals surface area contributed by atoms with Crippen molar-refractivity contribution >= 4 is 27.5 Å². The number of pyridine rings is 1. The van der Waals surface area contributed by atoms with Crippen LogP contribution in [0.25, 0.3) is 15.9 Å². The minimum absolute atomic E-state index is 0.163. The zero-order chi connectivity index (χ0) is 20.7. The van der Waals surface area contributed by atoms with Gasteiger partial charge >= 0.3 is 0 Å². The molecule has 2 fully saturated rings. The van der Waals surface area contributed by atoms with Crippen LogP contribution < -0.4 is 0 Å². The van der Waals surface area contributed by atoms with Crippen LogP contribution in [0, 0.1) is 13.8 Å². The number of hydrogen-bond acceptors (Lipinski definition) is 4. The van der Waals surface area contributed by atoms with Crippen LogP contribution in [0.4, 0.5) is 0 Å². The Labute approximate surface area is 182 Å². The third-order valence-corrected chi connectivity index (χ3v) is 7.74. The molecular formula is C24H30N4OS. The average molecular weight is 423 g/mol. The standard InChI is InChI=1S/C24H30N4OS/c1-17-16-18(2)25-23-20(17)21(27-12-6-7-13-27)22(30-23)24(29)28-14-8-19(9-15-28)26-10-4-3-5-11-26/h6-7,12-13,16,19H,3-5,8-11,14-15H2,1-2H3. The zero-order valence-electron chi connectivity index (χ0n) is 17.9. The molecule has 0 atom stereocenters. The van der Waals surface area contributed by atoms with Crippen LogP contribution in [0.1, 0.15) is 53.0 Å². The Hall–Kier alpha value is -2.18. The van der Waals surface area contributed by atoms with Crippen molar-refractivity contribution < 1.29 is 4.79 Å². The van der Waals surface area contributed by atoms with Gasteiger partial charge in [0, 0.05) is 42.6 Å².